The van der Waals surface area contributed by atoms with Crippen LogP contribution in [0.3, 0.4) is 0 Å². The van der Waals surface area contributed by atoms with Gasteiger partial charge in [0, 0.05) is 30.0 Å². The smallest absolute Gasteiger partial charge is 0.229 e. The summed E-state index contributed by atoms with van der Waals surface area (Å²) in [6.07, 6.45) is 9.95. The summed E-state index contributed by atoms with van der Waals surface area (Å²) in [4.78, 5) is 16.9. The van der Waals surface area contributed by atoms with Crippen molar-refractivity contribution < 1.29 is 4.79 Å². The Labute approximate surface area is 142 Å². The van der Waals surface area contributed by atoms with Crippen molar-refractivity contribution in [1.29, 1.82) is 0 Å². The molecule has 1 amide bonds. The van der Waals surface area contributed by atoms with E-state index in [1.54, 1.807) is 6.20 Å². The number of hydrogen-bond donors (Lipinski definition) is 2. The van der Waals surface area contributed by atoms with E-state index in [4.69, 9.17) is 5.73 Å². The fourth-order valence-corrected chi connectivity index (χ4v) is 3.36. The number of nitrogens with zero attached hydrogens (tertiary/aromatic N) is 1. The van der Waals surface area contributed by atoms with Crippen molar-refractivity contribution in [2.75, 3.05) is 11.9 Å². The molecule has 4 heteroatoms. The fourth-order valence-electron chi connectivity index (χ4n) is 3.36. The molecule has 1 heterocycles. The molecule has 1 aliphatic rings. The van der Waals surface area contributed by atoms with Gasteiger partial charge in [0.1, 0.15) is 0 Å². The SMILES string of the molecule is CC1=CC(C)C([C@H](CN)C(=O)Nc2ccc3cnccc3c2)C=C1. The van der Waals surface area contributed by atoms with Crippen molar-refractivity contribution in [3.05, 3.63) is 60.5 Å². The van der Waals surface area contributed by atoms with Gasteiger partial charge in [-0.3, -0.25) is 9.78 Å². The number of fused-ring (bicyclic) bond motifs is 1. The average molecular weight is 321 g/mol. The highest BCUT2D eigenvalue weighted by molar-refractivity contribution is 5.95. The van der Waals surface area contributed by atoms with E-state index in [1.165, 1.54) is 5.57 Å². The van der Waals surface area contributed by atoms with E-state index in [0.29, 0.717) is 12.5 Å². The monoisotopic (exact) mass is 321 g/mol. The van der Waals surface area contributed by atoms with Crippen molar-refractivity contribution in [2.24, 2.45) is 23.5 Å². The molecule has 0 fully saturated rings. The highest BCUT2D eigenvalue weighted by atomic mass is 16.1. The van der Waals surface area contributed by atoms with Crippen LogP contribution in [0.5, 0.6) is 0 Å². The van der Waals surface area contributed by atoms with E-state index in [2.05, 4.69) is 42.4 Å². The molecule has 2 aromatic rings. The normalized spacial score (nSPS) is 21.4. The number of rotatable bonds is 4. The van der Waals surface area contributed by atoms with E-state index in [0.717, 1.165) is 16.5 Å². The van der Waals surface area contributed by atoms with Crippen LogP contribution in [0.2, 0.25) is 0 Å². The Morgan fingerprint density at radius 2 is 2.17 bits per heavy atom. The first kappa shape index (κ1) is 16.4. The molecule has 4 nitrogen and oxygen atoms in total. The Hall–Kier alpha value is -2.46. The average Bonchev–Trinajstić information content (AvgIpc) is 2.57. The maximum atomic E-state index is 12.7. The molecule has 1 aromatic heterocycles. The minimum absolute atomic E-state index is 0.0274. The molecule has 3 N–H and O–H groups in total. The lowest BCUT2D eigenvalue weighted by Gasteiger charge is -2.29. The molecule has 0 aliphatic heterocycles. The number of carbonyl (C=O) groups excluding carboxylic acids is 1. The van der Waals surface area contributed by atoms with E-state index in [-0.39, 0.29) is 17.7 Å². The molecule has 124 valence electrons. The number of pyridine rings is 1. The van der Waals surface area contributed by atoms with Gasteiger partial charge >= 0.3 is 0 Å². The zero-order valence-corrected chi connectivity index (χ0v) is 14.1. The van der Waals surface area contributed by atoms with Gasteiger partial charge in [-0.15, -0.1) is 0 Å². The predicted molar refractivity (Wildman–Crippen MR) is 98.5 cm³/mol. The molecule has 1 aromatic carbocycles. The third-order valence-electron chi connectivity index (χ3n) is 4.68. The molecule has 0 radical (unpaired) electrons. The highest BCUT2D eigenvalue weighted by Gasteiger charge is 2.30. The second-order valence-corrected chi connectivity index (χ2v) is 6.48. The number of allylic oxidation sites excluding steroid dienone is 4. The van der Waals surface area contributed by atoms with Crippen molar-refractivity contribution in [2.45, 2.75) is 13.8 Å². The second kappa shape index (κ2) is 6.97. The number of nitrogens with one attached hydrogen (secondary N) is 1. The first-order chi connectivity index (χ1) is 11.6. The van der Waals surface area contributed by atoms with Gasteiger partial charge in [0.2, 0.25) is 5.91 Å². The van der Waals surface area contributed by atoms with Crippen LogP contribution < -0.4 is 11.1 Å². The molecular formula is C20H23N3O. The quantitative estimate of drug-likeness (QED) is 0.905. The number of anilines is 1. The zero-order valence-electron chi connectivity index (χ0n) is 14.1. The highest BCUT2D eigenvalue weighted by Crippen LogP contribution is 2.30. The molecule has 0 saturated carbocycles. The van der Waals surface area contributed by atoms with Crippen LogP contribution in [-0.4, -0.2) is 17.4 Å². The maximum Gasteiger partial charge on any atom is 0.229 e. The third kappa shape index (κ3) is 3.39. The first-order valence-electron chi connectivity index (χ1n) is 8.30. The van der Waals surface area contributed by atoms with Gasteiger partial charge in [-0.25, -0.2) is 0 Å². The number of carbonyl (C=O) groups is 1. The number of hydrogen-bond acceptors (Lipinski definition) is 3. The molecule has 3 rings (SSSR count). The van der Waals surface area contributed by atoms with E-state index in [9.17, 15) is 4.79 Å². The molecule has 0 saturated heterocycles. The van der Waals surface area contributed by atoms with E-state index < -0.39 is 0 Å². The summed E-state index contributed by atoms with van der Waals surface area (Å²) < 4.78 is 0. The molecule has 0 bridgehead atoms. The fraction of sp³-hybridized carbons (Fsp3) is 0.300. The summed E-state index contributed by atoms with van der Waals surface area (Å²) >= 11 is 0. The van der Waals surface area contributed by atoms with Gasteiger partial charge in [-0.1, -0.05) is 36.8 Å². The summed E-state index contributed by atoms with van der Waals surface area (Å²) in [6, 6.07) is 7.77. The Morgan fingerprint density at radius 3 is 2.92 bits per heavy atom. The van der Waals surface area contributed by atoms with Crippen molar-refractivity contribution in [1.82, 2.24) is 4.98 Å². The van der Waals surface area contributed by atoms with Crippen molar-refractivity contribution in [3.63, 3.8) is 0 Å². The third-order valence-corrected chi connectivity index (χ3v) is 4.68. The van der Waals surface area contributed by atoms with Crippen LogP contribution in [0.15, 0.2) is 60.5 Å². The van der Waals surface area contributed by atoms with Crippen LogP contribution in [0.4, 0.5) is 5.69 Å². The van der Waals surface area contributed by atoms with Crippen LogP contribution in [0.25, 0.3) is 10.8 Å². The second-order valence-electron chi connectivity index (χ2n) is 6.48. The van der Waals surface area contributed by atoms with Gasteiger partial charge in [-0.2, -0.15) is 0 Å². The Balaban J connectivity index is 1.77. The van der Waals surface area contributed by atoms with Crippen LogP contribution in [0, 0.1) is 17.8 Å². The van der Waals surface area contributed by atoms with Crippen LogP contribution in [0.1, 0.15) is 13.8 Å². The number of amides is 1. The van der Waals surface area contributed by atoms with Gasteiger partial charge in [0.25, 0.3) is 0 Å². The Bertz CT molecular complexity index is 809. The standard InChI is InChI=1S/C20H23N3O/c1-13-3-6-18(14(2)9-13)19(11-21)20(24)23-17-5-4-16-12-22-8-7-15(16)10-17/h3-10,12,14,18-19H,11,21H2,1-2H3,(H,23,24)/t14?,18?,19-/m0/s1. The van der Waals surface area contributed by atoms with Gasteiger partial charge in [0.05, 0.1) is 5.92 Å². The summed E-state index contributed by atoms with van der Waals surface area (Å²) in [7, 11) is 0. The maximum absolute atomic E-state index is 12.7. The lowest BCUT2D eigenvalue weighted by molar-refractivity contribution is -0.121. The Morgan fingerprint density at radius 1 is 1.33 bits per heavy atom. The summed E-state index contributed by atoms with van der Waals surface area (Å²) in [5.74, 6) is 0.162. The molecule has 1 aliphatic carbocycles. The van der Waals surface area contributed by atoms with Gasteiger partial charge < -0.3 is 11.1 Å². The van der Waals surface area contributed by atoms with E-state index in [1.807, 2.05) is 30.5 Å². The predicted octanol–water partition coefficient (Wildman–Crippen LogP) is 3.52. The van der Waals surface area contributed by atoms with Crippen LogP contribution >= 0.6 is 0 Å². The lowest BCUT2D eigenvalue weighted by Crippen LogP contribution is -2.37. The van der Waals surface area contributed by atoms with Gasteiger partial charge in [0.15, 0.2) is 0 Å². The first-order valence-corrected chi connectivity index (χ1v) is 8.30. The topological polar surface area (TPSA) is 68.0 Å². The molecule has 0 spiro atoms. The molecule has 2 unspecified atom stereocenters. The summed E-state index contributed by atoms with van der Waals surface area (Å²) in [6.45, 7) is 4.54. The van der Waals surface area contributed by atoms with Gasteiger partial charge in [-0.05, 0) is 42.3 Å². The number of benzene rings is 1. The van der Waals surface area contributed by atoms with E-state index >= 15 is 0 Å². The minimum atomic E-state index is -0.242. The van der Waals surface area contributed by atoms with Crippen molar-refractivity contribution >= 4 is 22.4 Å². The molecule has 24 heavy (non-hydrogen) atoms. The molecular weight excluding hydrogens is 298 g/mol. The number of nitrogens with two attached hydrogens (primary N) is 1. The zero-order chi connectivity index (χ0) is 17.1. The summed E-state index contributed by atoms with van der Waals surface area (Å²) in [5, 5.41) is 5.12. The lowest BCUT2D eigenvalue weighted by atomic mass is 9.78. The minimum Gasteiger partial charge on any atom is -0.330 e. The molecule has 3 atom stereocenters. The van der Waals surface area contributed by atoms with Crippen LogP contribution in [-0.2, 0) is 4.79 Å². The Kier molecular flexibility index (Phi) is 4.76. The largest absolute Gasteiger partial charge is 0.330 e. The number of aromatic nitrogens is 1. The summed E-state index contributed by atoms with van der Waals surface area (Å²) in [5.41, 5.74) is 7.94. The van der Waals surface area contributed by atoms with Crippen molar-refractivity contribution in [3.8, 4) is 0 Å².